The molecule has 0 aromatic heterocycles. The Balaban J connectivity index is 3.48. The summed E-state index contributed by atoms with van der Waals surface area (Å²) in [5.41, 5.74) is -5.04. The van der Waals surface area contributed by atoms with Crippen LogP contribution in [0.5, 0.6) is 0 Å². The lowest BCUT2D eigenvalue weighted by Gasteiger charge is -2.17. The number of ketones is 1. The van der Waals surface area contributed by atoms with Crippen LogP contribution in [0.4, 0.5) is 22.0 Å². The lowest BCUT2D eigenvalue weighted by molar-refractivity contribution is -0.147. The third-order valence-corrected chi connectivity index (χ3v) is 2.53. The van der Waals surface area contributed by atoms with E-state index in [-0.39, 0.29) is 6.07 Å². The highest BCUT2D eigenvalue weighted by Gasteiger charge is 2.47. The van der Waals surface area contributed by atoms with Gasteiger partial charge in [-0.1, -0.05) is 6.92 Å². The van der Waals surface area contributed by atoms with Crippen LogP contribution < -0.4 is 0 Å². The molecule has 0 saturated carbocycles. The van der Waals surface area contributed by atoms with Crippen molar-refractivity contribution < 1.29 is 36.6 Å². The van der Waals surface area contributed by atoms with Crippen LogP contribution in [0.2, 0.25) is 0 Å². The second kappa shape index (κ2) is 4.94. The van der Waals surface area contributed by atoms with Crippen LogP contribution in [0, 0.1) is 23.3 Å². The van der Waals surface area contributed by atoms with Gasteiger partial charge in [0.2, 0.25) is 5.78 Å². The molecule has 3 nitrogen and oxygen atoms in total. The van der Waals surface area contributed by atoms with Gasteiger partial charge in [0.15, 0.2) is 23.3 Å². The van der Waals surface area contributed by atoms with E-state index >= 15 is 0 Å². The van der Waals surface area contributed by atoms with Gasteiger partial charge in [0, 0.05) is 0 Å². The number of aliphatic carboxylic acids is 1. The van der Waals surface area contributed by atoms with E-state index in [9.17, 15) is 31.5 Å². The molecule has 0 radical (unpaired) electrons. The molecule has 0 spiro atoms. The minimum Gasteiger partial charge on any atom is -0.479 e. The first-order valence-corrected chi connectivity index (χ1v) is 4.96. The summed E-state index contributed by atoms with van der Waals surface area (Å²) in [7, 11) is 0. The summed E-state index contributed by atoms with van der Waals surface area (Å²) >= 11 is 0. The van der Waals surface area contributed by atoms with Gasteiger partial charge in [0.25, 0.3) is 5.67 Å². The number of hydrogen-bond acceptors (Lipinski definition) is 2. The SMILES string of the molecule is CCC(F)(C(=O)O)C(=O)c1cc(F)c(F)c(F)c1F. The summed E-state index contributed by atoms with van der Waals surface area (Å²) in [6.07, 6.45) is -0.888. The Kier molecular flexibility index (Phi) is 3.92. The Morgan fingerprint density at radius 1 is 1.16 bits per heavy atom. The minimum atomic E-state index is -3.54. The molecule has 1 N–H and O–H groups in total. The van der Waals surface area contributed by atoms with E-state index in [1.54, 1.807) is 0 Å². The Hall–Kier alpha value is -1.99. The number of carbonyl (C=O) groups excluding carboxylic acids is 1. The smallest absolute Gasteiger partial charge is 0.349 e. The highest BCUT2D eigenvalue weighted by Crippen LogP contribution is 2.27. The van der Waals surface area contributed by atoms with Gasteiger partial charge < -0.3 is 5.11 Å². The molecule has 1 rings (SSSR count). The Bertz CT molecular complexity index is 558. The number of Topliss-reactive ketones (excluding diaryl/α,β-unsaturated/α-hetero) is 1. The zero-order valence-corrected chi connectivity index (χ0v) is 9.44. The lowest BCUT2D eigenvalue weighted by atomic mass is 9.91. The van der Waals surface area contributed by atoms with Crippen molar-refractivity contribution in [3.63, 3.8) is 0 Å². The molecule has 1 aromatic rings. The topological polar surface area (TPSA) is 54.4 Å². The second-order valence-corrected chi connectivity index (χ2v) is 3.64. The summed E-state index contributed by atoms with van der Waals surface area (Å²) in [5.74, 6) is -12.8. The molecule has 0 aliphatic heterocycles. The van der Waals surface area contributed by atoms with E-state index in [1.807, 2.05) is 0 Å². The molecule has 0 aliphatic rings. The van der Waals surface area contributed by atoms with Crippen molar-refractivity contribution in [2.45, 2.75) is 19.0 Å². The molecular weight excluding hydrogens is 275 g/mol. The lowest BCUT2D eigenvalue weighted by Crippen LogP contribution is -2.42. The molecule has 0 aliphatic carbocycles. The van der Waals surface area contributed by atoms with E-state index in [0.717, 1.165) is 6.92 Å². The maximum absolute atomic E-state index is 13.8. The van der Waals surface area contributed by atoms with Crippen molar-refractivity contribution in [2.24, 2.45) is 0 Å². The minimum absolute atomic E-state index is 0.0803. The molecule has 0 bridgehead atoms. The molecule has 0 fully saturated rings. The van der Waals surface area contributed by atoms with E-state index < -0.39 is 52.7 Å². The Morgan fingerprint density at radius 2 is 1.68 bits per heavy atom. The molecule has 1 aromatic carbocycles. The van der Waals surface area contributed by atoms with Crippen molar-refractivity contribution >= 4 is 11.8 Å². The van der Waals surface area contributed by atoms with Gasteiger partial charge in [0.05, 0.1) is 5.56 Å². The van der Waals surface area contributed by atoms with Crippen molar-refractivity contribution in [1.82, 2.24) is 0 Å². The molecule has 0 saturated heterocycles. The molecular formula is C11H7F5O3. The highest BCUT2D eigenvalue weighted by molar-refractivity contribution is 6.14. The fourth-order valence-electron chi connectivity index (χ4n) is 1.36. The van der Waals surface area contributed by atoms with Crippen molar-refractivity contribution in [1.29, 1.82) is 0 Å². The molecule has 8 heteroatoms. The average Bonchev–Trinajstić information content (AvgIpc) is 2.38. The third-order valence-electron chi connectivity index (χ3n) is 2.53. The molecule has 19 heavy (non-hydrogen) atoms. The van der Waals surface area contributed by atoms with Gasteiger partial charge in [-0.15, -0.1) is 0 Å². The van der Waals surface area contributed by atoms with E-state index in [4.69, 9.17) is 5.11 Å². The quantitative estimate of drug-likeness (QED) is 0.304. The predicted octanol–water partition coefficient (Wildman–Crippen LogP) is 2.63. The number of halogens is 5. The predicted molar refractivity (Wildman–Crippen MR) is 52.4 cm³/mol. The number of benzene rings is 1. The number of carboxylic acid groups (broad SMARTS) is 1. The summed E-state index contributed by atoms with van der Waals surface area (Å²) < 4.78 is 65.5. The number of carboxylic acids is 1. The first-order valence-electron chi connectivity index (χ1n) is 4.96. The summed E-state index contributed by atoms with van der Waals surface area (Å²) in [6.45, 7) is 0.972. The van der Waals surface area contributed by atoms with E-state index in [1.165, 1.54) is 0 Å². The van der Waals surface area contributed by atoms with Gasteiger partial charge in [-0.25, -0.2) is 26.7 Å². The fourth-order valence-corrected chi connectivity index (χ4v) is 1.36. The maximum atomic E-state index is 13.8. The largest absolute Gasteiger partial charge is 0.479 e. The Labute approximate surface area is 103 Å². The molecule has 1 atom stereocenters. The first kappa shape index (κ1) is 15.1. The number of carbonyl (C=O) groups is 2. The van der Waals surface area contributed by atoms with Crippen LogP contribution in [0.3, 0.4) is 0 Å². The van der Waals surface area contributed by atoms with Crippen molar-refractivity contribution in [3.05, 3.63) is 34.9 Å². The zero-order chi connectivity index (χ0) is 15.0. The van der Waals surface area contributed by atoms with Gasteiger partial charge in [-0.05, 0) is 12.5 Å². The zero-order valence-electron chi connectivity index (χ0n) is 9.44. The maximum Gasteiger partial charge on any atom is 0.349 e. The van der Waals surface area contributed by atoms with Crippen molar-refractivity contribution in [2.75, 3.05) is 0 Å². The number of alkyl halides is 1. The highest BCUT2D eigenvalue weighted by atomic mass is 19.2. The summed E-state index contributed by atoms with van der Waals surface area (Å²) in [4.78, 5) is 22.2. The standard InChI is InChI=1S/C11H7F5O3/c1-2-11(16,10(18)19)9(17)4-3-5(12)7(14)8(15)6(4)13/h3H,2H2,1H3,(H,18,19). The summed E-state index contributed by atoms with van der Waals surface area (Å²) in [5, 5.41) is 8.57. The number of rotatable bonds is 4. The third kappa shape index (κ3) is 2.29. The van der Waals surface area contributed by atoms with Gasteiger partial charge in [-0.3, -0.25) is 4.79 Å². The van der Waals surface area contributed by atoms with Gasteiger partial charge in [-0.2, -0.15) is 0 Å². The molecule has 104 valence electrons. The normalized spacial score (nSPS) is 14.0. The van der Waals surface area contributed by atoms with Crippen molar-refractivity contribution in [3.8, 4) is 0 Å². The first-order chi connectivity index (χ1) is 8.66. The van der Waals surface area contributed by atoms with Gasteiger partial charge >= 0.3 is 5.97 Å². The van der Waals surface area contributed by atoms with Crippen LogP contribution in [-0.2, 0) is 4.79 Å². The molecule has 1 unspecified atom stereocenters. The monoisotopic (exact) mass is 282 g/mol. The molecule has 0 amide bonds. The Morgan fingerprint density at radius 3 is 2.11 bits per heavy atom. The van der Waals surface area contributed by atoms with Crippen LogP contribution in [0.1, 0.15) is 23.7 Å². The fraction of sp³-hybridized carbons (Fsp3) is 0.273. The van der Waals surface area contributed by atoms with Crippen LogP contribution in [0.25, 0.3) is 0 Å². The average molecular weight is 282 g/mol. The van der Waals surface area contributed by atoms with E-state index in [0.29, 0.717) is 0 Å². The number of hydrogen-bond donors (Lipinski definition) is 1. The second-order valence-electron chi connectivity index (χ2n) is 3.64. The van der Waals surface area contributed by atoms with Crippen LogP contribution >= 0.6 is 0 Å². The molecule has 0 heterocycles. The van der Waals surface area contributed by atoms with Crippen LogP contribution in [0.15, 0.2) is 6.07 Å². The van der Waals surface area contributed by atoms with Crippen LogP contribution in [-0.4, -0.2) is 22.5 Å². The van der Waals surface area contributed by atoms with Gasteiger partial charge in [0.1, 0.15) is 0 Å². The van der Waals surface area contributed by atoms with E-state index in [2.05, 4.69) is 0 Å². The summed E-state index contributed by atoms with van der Waals surface area (Å²) in [6, 6.07) is -0.0803.